The van der Waals surface area contributed by atoms with E-state index in [4.69, 9.17) is 0 Å². The molecule has 5 heteroatoms. The van der Waals surface area contributed by atoms with Gasteiger partial charge in [0, 0.05) is 22.9 Å². The number of halogens is 1. The molecule has 0 aliphatic heterocycles. The molecule has 1 aromatic rings. The van der Waals surface area contributed by atoms with E-state index in [1.807, 2.05) is 0 Å². The van der Waals surface area contributed by atoms with Crippen molar-refractivity contribution in [2.24, 2.45) is 0 Å². The average molecular weight is 244 g/mol. The zero-order valence-corrected chi connectivity index (χ0v) is 8.60. The lowest BCUT2D eigenvalue weighted by Gasteiger charge is -2.01. The highest BCUT2D eigenvalue weighted by molar-refractivity contribution is 9.11. The largest absolute Gasteiger partial charge is 0.351 e. The van der Waals surface area contributed by atoms with Crippen LogP contribution >= 0.6 is 15.9 Å². The second-order valence-electron chi connectivity index (χ2n) is 2.55. The van der Waals surface area contributed by atoms with E-state index in [0.717, 1.165) is 10.2 Å². The number of H-pyrrole nitrogens is 1. The number of aromatic nitrogens is 2. The molecule has 0 spiro atoms. The Morgan fingerprint density at radius 3 is 3.08 bits per heavy atom. The third-order valence-electron chi connectivity index (χ3n) is 1.39. The molecule has 0 atom stereocenters. The summed E-state index contributed by atoms with van der Waals surface area (Å²) in [5, 5.41) is 9.14. The molecule has 0 aliphatic carbocycles. The van der Waals surface area contributed by atoms with Crippen LogP contribution in [0.5, 0.6) is 0 Å². The highest BCUT2D eigenvalue weighted by Gasteiger charge is 2.03. The van der Waals surface area contributed by atoms with Crippen LogP contribution < -0.4 is 5.32 Å². The first-order valence-corrected chi connectivity index (χ1v) is 4.56. The van der Waals surface area contributed by atoms with Gasteiger partial charge in [0.05, 0.1) is 6.42 Å². The number of hydrogen-bond donors (Lipinski definition) is 2. The van der Waals surface area contributed by atoms with Gasteiger partial charge in [-0.05, 0) is 6.07 Å². The van der Waals surface area contributed by atoms with Gasteiger partial charge in [0.2, 0.25) is 5.91 Å². The van der Waals surface area contributed by atoms with Gasteiger partial charge in [0.25, 0.3) is 0 Å². The van der Waals surface area contributed by atoms with Crippen LogP contribution in [0.3, 0.4) is 0 Å². The summed E-state index contributed by atoms with van der Waals surface area (Å²) in [5.41, 5.74) is 0.803. The first-order valence-electron chi connectivity index (χ1n) is 3.76. The topological polar surface area (TPSA) is 57.8 Å². The summed E-state index contributed by atoms with van der Waals surface area (Å²) in [6, 6.07) is 1.77. The van der Waals surface area contributed by atoms with E-state index in [9.17, 15) is 4.79 Å². The molecule has 0 saturated heterocycles. The SMILES string of the molecule is C=C(Br)CNC(=O)Cc1ccn[nH]1. The van der Waals surface area contributed by atoms with Crippen LogP contribution in [0.1, 0.15) is 5.69 Å². The fourth-order valence-electron chi connectivity index (χ4n) is 0.813. The lowest BCUT2D eigenvalue weighted by molar-refractivity contribution is -0.120. The summed E-state index contributed by atoms with van der Waals surface area (Å²) in [5.74, 6) is -0.0511. The third-order valence-corrected chi connectivity index (χ3v) is 1.67. The Labute approximate surface area is 84.5 Å². The van der Waals surface area contributed by atoms with E-state index in [2.05, 4.69) is 38.0 Å². The number of nitrogens with zero attached hydrogens (tertiary/aromatic N) is 1. The normalized spacial score (nSPS) is 9.62. The minimum absolute atomic E-state index is 0.0511. The number of nitrogens with one attached hydrogen (secondary N) is 2. The molecule has 4 nitrogen and oxygen atoms in total. The summed E-state index contributed by atoms with van der Waals surface area (Å²) in [6.07, 6.45) is 1.94. The van der Waals surface area contributed by atoms with Crippen LogP contribution in [-0.4, -0.2) is 22.6 Å². The first-order chi connectivity index (χ1) is 6.18. The number of amides is 1. The van der Waals surface area contributed by atoms with E-state index in [0.29, 0.717) is 13.0 Å². The predicted molar refractivity (Wildman–Crippen MR) is 53.4 cm³/mol. The monoisotopic (exact) mass is 243 g/mol. The van der Waals surface area contributed by atoms with Gasteiger partial charge in [-0.1, -0.05) is 22.5 Å². The molecule has 1 rings (SSSR count). The zero-order valence-electron chi connectivity index (χ0n) is 7.01. The van der Waals surface area contributed by atoms with Gasteiger partial charge >= 0.3 is 0 Å². The standard InChI is InChI=1S/C8H10BrN3O/c1-6(9)5-10-8(13)4-7-2-3-11-12-7/h2-3H,1,4-5H2,(H,10,13)(H,11,12). The van der Waals surface area contributed by atoms with Crippen LogP contribution in [-0.2, 0) is 11.2 Å². The van der Waals surface area contributed by atoms with Crippen LogP contribution in [0.2, 0.25) is 0 Å². The number of carbonyl (C=O) groups excluding carboxylic acids is 1. The van der Waals surface area contributed by atoms with Crippen LogP contribution in [0.25, 0.3) is 0 Å². The maximum atomic E-state index is 11.2. The van der Waals surface area contributed by atoms with Gasteiger partial charge in [-0.3, -0.25) is 9.89 Å². The molecule has 2 N–H and O–H groups in total. The summed E-state index contributed by atoms with van der Waals surface area (Å²) in [6.45, 7) is 4.06. The molecule has 13 heavy (non-hydrogen) atoms. The van der Waals surface area contributed by atoms with Crippen molar-refractivity contribution in [2.75, 3.05) is 6.54 Å². The summed E-state index contributed by atoms with van der Waals surface area (Å²) < 4.78 is 0.755. The average Bonchev–Trinajstić information content (AvgIpc) is 2.53. The van der Waals surface area contributed by atoms with Crippen molar-refractivity contribution in [3.05, 3.63) is 29.0 Å². The number of hydrogen-bond acceptors (Lipinski definition) is 2. The molecule has 1 amide bonds. The molecule has 70 valence electrons. The van der Waals surface area contributed by atoms with E-state index >= 15 is 0 Å². The summed E-state index contributed by atoms with van der Waals surface area (Å²) in [4.78, 5) is 11.2. The van der Waals surface area contributed by atoms with E-state index in [-0.39, 0.29) is 5.91 Å². The lowest BCUT2D eigenvalue weighted by atomic mass is 10.3. The van der Waals surface area contributed by atoms with Gasteiger partial charge in [-0.2, -0.15) is 5.10 Å². The Balaban J connectivity index is 2.30. The first kappa shape index (κ1) is 9.98. The Kier molecular flexibility index (Phi) is 3.70. The second-order valence-corrected chi connectivity index (χ2v) is 3.67. The van der Waals surface area contributed by atoms with Crippen molar-refractivity contribution in [3.8, 4) is 0 Å². The van der Waals surface area contributed by atoms with E-state index in [1.165, 1.54) is 0 Å². The molecule has 0 bridgehead atoms. The highest BCUT2D eigenvalue weighted by Crippen LogP contribution is 1.97. The molecule has 0 aromatic carbocycles. The molecule has 0 aliphatic rings. The second kappa shape index (κ2) is 4.81. The number of rotatable bonds is 4. The van der Waals surface area contributed by atoms with Crippen molar-refractivity contribution in [3.63, 3.8) is 0 Å². The molecular formula is C8H10BrN3O. The molecule has 1 aromatic heterocycles. The molecule has 0 unspecified atom stereocenters. The Hall–Kier alpha value is -1.10. The van der Waals surface area contributed by atoms with Crippen LogP contribution in [0, 0.1) is 0 Å². The van der Waals surface area contributed by atoms with Gasteiger partial charge in [0.1, 0.15) is 0 Å². The summed E-state index contributed by atoms with van der Waals surface area (Å²) in [7, 11) is 0. The smallest absolute Gasteiger partial charge is 0.226 e. The van der Waals surface area contributed by atoms with Gasteiger partial charge in [-0.25, -0.2) is 0 Å². The minimum atomic E-state index is -0.0511. The van der Waals surface area contributed by atoms with Crippen molar-refractivity contribution < 1.29 is 4.79 Å². The van der Waals surface area contributed by atoms with Gasteiger partial charge in [-0.15, -0.1) is 0 Å². The maximum absolute atomic E-state index is 11.2. The maximum Gasteiger partial charge on any atom is 0.226 e. The third kappa shape index (κ3) is 3.89. The molecule has 0 saturated carbocycles. The van der Waals surface area contributed by atoms with Crippen molar-refractivity contribution >= 4 is 21.8 Å². The minimum Gasteiger partial charge on any atom is -0.351 e. The molecular weight excluding hydrogens is 234 g/mol. The number of carbonyl (C=O) groups is 1. The fourth-order valence-corrected chi connectivity index (χ4v) is 0.953. The summed E-state index contributed by atoms with van der Waals surface area (Å²) >= 11 is 3.15. The van der Waals surface area contributed by atoms with Crippen LogP contribution in [0.15, 0.2) is 23.3 Å². The predicted octanol–water partition coefficient (Wildman–Crippen LogP) is 0.977. The fraction of sp³-hybridized carbons (Fsp3) is 0.250. The number of aromatic amines is 1. The highest BCUT2D eigenvalue weighted by atomic mass is 79.9. The Morgan fingerprint density at radius 1 is 1.77 bits per heavy atom. The molecule has 1 heterocycles. The zero-order chi connectivity index (χ0) is 9.68. The van der Waals surface area contributed by atoms with Crippen molar-refractivity contribution in [1.29, 1.82) is 0 Å². The Bertz CT molecular complexity index is 294. The van der Waals surface area contributed by atoms with E-state index in [1.54, 1.807) is 12.3 Å². The molecule has 0 fully saturated rings. The van der Waals surface area contributed by atoms with Crippen LogP contribution in [0.4, 0.5) is 0 Å². The lowest BCUT2D eigenvalue weighted by Crippen LogP contribution is -2.26. The van der Waals surface area contributed by atoms with E-state index < -0.39 is 0 Å². The van der Waals surface area contributed by atoms with Gasteiger partial charge in [0.15, 0.2) is 0 Å². The van der Waals surface area contributed by atoms with Crippen molar-refractivity contribution in [1.82, 2.24) is 15.5 Å². The molecule has 0 radical (unpaired) electrons. The quantitative estimate of drug-likeness (QED) is 0.829. The van der Waals surface area contributed by atoms with Gasteiger partial charge < -0.3 is 5.32 Å². The Morgan fingerprint density at radius 2 is 2.54 bits per heavy atom. The van der Waals surface area contributed by atoms with Crippen molar-refractivity contribution in [2.45, 2.75) is 6.42 Å².